The Bertz CT molecular complexity index is 699. The quantitative estimate of drug-likeness (QED) is 0.619. The maximum atomic E-state index is 12.8. The van der Waals surface area contributed by atoms with Gasteiger partial charge in [-0.3, -0.25) is 4.79 Å². The summed E-state index contributed by atoms with van der Waals surface area (Å²) in [5.74, 6) is -1.87. The van der Waals surface area contributed by atoms with Crippen molar-refractivity contribution < 1.29 is 32.3 Å². The lowest BCUT2D eigenvalue weighted by molar-refractivity contribution is -0.142. The fourth-order valence-corrected chi connectivity index (χ4v) is 3.26. The van der Waals surface area contributed by atoms with Gasteiger partial charge in [0.25, 0.3) is 0 Å². The van der Waals surface area contributed by atoms with E-state index in [1.54, 1.807) is 0 Å². The van der Waals surface area contributed by atoms with Crippen molar-refractivity contribution in [2.45, 2.75) is 64.0 Å². The van der Waals surface area contributed by atoms with Crippen molar-refractivity contribution in [2.24, 2.45) is 0 Å². The van der Waals surface area contributed by atoms with Crippen LogP contribution in [0.4, 0.5) is 13.2 Å². The van der Waals surface area contributed by atoms with Crippen molar-refractivity contribution in [2.75, 3.05) is 6.61 Å². The Labute approximate surface area is 164 Å². The first-order chi connectivity index (χ1) is 12.6. The molecule has 0 saturated heterocycles. The summed E-state index contributed by atoms with van der Waals surface area (Å²) in [6.45, 7) is 10.4. The van der Waals surface area contributed by atoms with Crippen molar-refractivity contribution in [1.29, 1.82) is 0 Å². The van der Waals surface area contributed by atoms with Gasteiger partial charge in [0.2, 0.25) is 5.91 Å². The lowest BCUT2D eigenvalue weighted by atomic mass is 10.1. The average molecular weight is 420 g/mol. The van der Waals surface area contributed by atoms with E-state index in [1.165, 1.54) is 12.1 Å². The van der Waals surface area contributed by atoms with Gasteiger partial charge in [0, 0.05) is 13.0 Å². The van der Waals surface area contributed by atoms with Gasteiger partial charge in [-0.15, -0.1) is 0 Å². The number of aliphatic carboxylic acids is 1. The van der Waals surface area contributed by atoms with E-state index in [1.807, 2.05) is 13.1 Å². The van der Waals surface area contributed by atoms with Crippen molar-refractivity contribution in [1.82, 2.24) is 5.32 Å². The Morgan fingerprint density at radius 2 is 1.82 bits per heavy atom. The molecule has 9 heteroatoms. The molecule has 0 heterocycles. The van der Waals surface area contributed by atoms with E-state index in [9.17, 15) is 27.9 Å². The highest BCUT2D eigenvalue weighted by atomic mass is 28.4. The van der Waals surface area contributed by atoms with E-state index < -0.39 is 38.0 Å². The molecule has 1 rings (SSSR count). The van der Waals surface area contributed by atoms with Gasteiger partial charge in [0.15, 0.2) is 8.32 Å². The van der Waals surface area contributed by atoms with E-state index in [0.717, 1.165) is 12.1 Å². The van der Waals surface area contributed by atoms with Gasteiger partial charge in [-0.2, -0.15) is 13.2 Å². The number of carboxylic acids is 1. The summed E-state index contributed by atoms with van der Waals surface area (Å²) in [7, 11) is -2.04. The molecule has 0 spiro atoms. The largest absolute Gasteiger partial charge is 0.480 e. The smallest absolute Gasteiger partial charge is 0.416 e. The highest BCUT2D eigenvalue weighted by Crippen LogP contribution is 2.36. The zero-order valence-corrected chi connectivity index (χ0v) is 17.8. The zero-order valence-electron chi connectivity index (χ0n) is 16.8. The topological polar surface area (TPSA) is 75.6 Å². The van der Waals surface area contributed by atoms with Crippen molar-refractivity contribution in [3.05, 3.63) is 35.4 Å². The molecule has 5 nitrogen and oxygen atoms in total. The molecular weight excluding hydrogens is 391 g/mol. The predicted molar refractivity (Wildman–Crippen MR) is 102 cm³/mol. The van der Waals surface area contributed by atoms with Crippen LogP contribution < -0.4 is 5.32 Å². The molecule has 158 valence electrons. The number of amides is 1. The van der Waals surface area contributed by atoms with Gasteiger partial charge < -0.3 is 14.8 Å². The lowest BCUT2D eigenvalue weighted by Crippen LogP contribution is -2.45. The zero-order chi connectivity index (χ0) is 21.8. The number of alkyl halides is 3. The standard InChI is InChI=1S/C19H28F3NO4Si/c1-18(2,3)28(4,5)27-10-9-15(17(25)26)23-16(24)12-13-7-6-8-14(11-13)19(20,21)22/h6-8,11,15H,9-10,12H2,1-5H3,(H,23,24)(H,25,26)/t15-/m1/s1. The summed E-state index contributed by atoms with van der Waals surface area (Å²) in [6, 6.07) is 3.25. The lowest BCUT2D eigenvalue weighted by Gasteiger charge is -2.36. The molecule has 0 unspecified atom stereocenters. The van der Waals surface area contributed by atoms with Crippen molar-refractivity contribution in [3.8, 4) is 0 Å². The van der Waals surface area contributed by atoms with E-state index in [2.05, 4.69) is 26.1 Å². The molecule has 1 amide bonds. The molecule has 0 aromatic heterocycles. The summed E-state index contributed by atoms with van der Waals surface area (Å²) in [6.07, 6.45) is -4.76. The van der Waals surface area contributed by atoms with Crippen LogP contribution in [0.2, 0.25) is 18.1 Å². The van der Waals surface area contributed by atoms with E-state index in [-0.39, 0.29) is 30.1 Å². The van der Waals surface area contributed by atoms with Gasteiger partial charge in [0.1, 0.15) is 6.04 Å². The van der Waals surface area contributed by atoms with Crippen LogP contribution in [0, 0.1) is 0 Å². The van der Waals surface area contributed by atoms with Gasteiger partial charge in [-0.1, -0.05) is 39.0 Å². The second-order valence-electron chi connectivity index (χ2n) is 8.23. The summed E-state index contributed by atoms with van der Waals surface area (Å²) in [5, 5.41) is 11.7. The van der Waals surface area contributed by atoms with Crippen molar-refractivity contribution in [3.63, 3.8) is 0 Å². The minimum absolute atomic E-state index is 0.0293. The maximum absolute atomic E-state index is 12.8. The highest BCUT2D eigenvalue weighted by molar-refractivity contribution is 6.74. The molecule has 0 aliphatic carbocycles. The summed E-state index contributed by atoms with van der Waals surface area (Å²) in [5.41, 5.74) is -0.690. The average Bonchev–Trinajstić information content (AvgIpc) is 2.52. The van der Waals surface area contributed by atoms with Crippen LogP contribution in [0.1, 0.15) is 38.3 Å². The Morgan fingerprint density at radius 3 is 2.32 bits per heavy atom. The number of benzene rings is 1. The highest BCUT2D eigenvalue weighted by Gasteiger charge is 2.37. The molecule has 0 bridgehead atoms. The van der Waals surface area contributed by atoms with Crippen LogP contribution in [0.3, 0.4) is 0 Å². The van der Waals surface area contributed by atoms with E-state index in [0.29, 0.717) is 0 Å². The van der Waals surface area contributed by atoms with E-state index >= 15 is 0 Å². The number of carbonyl (C=O) groups excluding carboxylic acids is 1. The molecule has 0 aliphatic rings. The summed E-state index contributed by atoms with van der Waals surface area (Å²) < 4.78 is 44.2. The number of hydrogen-bond acceptors (Lipinski definition) is 3. The molecule has 1 atom stereocenters. The van der Waals surface area contributed by atoms with Crippen molar-refractivity contribution >= 4 is 20.2 Å². The number of carbonyl (C=O) groups is 2. The number of hydrogen-bond donors (Lipinski definition) is 2. The predicted octanol–water partition coefficient (Wildman–Crippen LogP) is 4.23. The fraction of sp³-hybridized carbons (Fsp3) is 0.579. The van der Waals surface area contributed by atoms with Gasteiger partial charge >= 0.3 is 12.1 Å². The first-order valence-electron chi connectivity index (χ1n) is 8.96. The third-order valence-corrected chi connectivity index (χ3v) is 9.47. The van der Waals surface area contributed by atoms with Crippen LogP contribution in [0.25, 0.3) is 0 Å². The maximum Gasteiger partial charge on any atom is 0.416 e. The normalized spacial score (nSPS) is 13.9. The van der Waals surface area contributed by atoms with Crippen LogP contribution in [0.15, 0.2) is 24.3 Å². The first-order valence-corrected chi connectivity index (χ1v) is 11.9. The second kappa shape index (κ2) is 9.08. The fourth-order valence-electron chi connectivity index (χ4n) is 2.19. The van der Waals surface area contributed by atoms with Crippen LogP contribution >= 0.6 is 0 Å². The van der Waals surface area contributed by atoms with Crippen LogP contribution in [-0.2, 0) is 26.6 Å². The third-order valence-electron chi connectivity index (χ3n) is 4.93. The first kappa shape index (κ1) is 24.2. The number of rotatable bonds is 8. The molecule has 0 saturated carbocycles. The molecule has 0 radical (unpaired) electrons. The Hall–Kier alpha value is -1.87. The van der Waals surface area contributed by atoms with Crippen LogP contribution in [-0.4, -0.2) is 37.9 Å². The SMILES string of the molecule is CC(C)(C)[Si](C)(C)OCC[C@@H](NC(=O)Cc1cccc(C(F)(F)F)c1)C(=O)O. The Kier molecular flexibility index (Phi) is 7.84. The van der Waals surface area contributed by atoms with Gasteiger partial charge in [-0.25, -0.2) is 4.79 Å². The second-order valence-corrected chi connectivity index (χ2v) is 13.0. The molecule has 1 aromatic carbocycles. The minimum Gasteiger partial charge on any atom is -0.480 e. The number of carboxylic acid groups (broad SMARTS) is 1. The summed E-state index contributed by atoms with van der Waals surface area (Å²) >= 11 is 0. The van der Waals surface area contributed by atoms with Gasteiger partial charge in [-0.05, 0) is 29.8 Å². The summed E-state index contributed by atoms with van der Waals surface area (Å²) in [4.78, 5) is 23.5. The van der Waals surface area contributed by atoms with Crippen LogP contribution in [0.5, 0.6) is 0 Å². The van der Waals surface area contributed by atoms with Gasteiger partial charge in [0.05, 0.1) is 12.0 Å². The third kappa shape index (κ3) is 7.27. The Morgan fingerprint density at radius 1 is 1.21 bits per heavy atom. The number of nitrogens with one attached hydrogen (secondary N) is 1. The van der Waals surface area contributed by atoms with E-state index in [4.69, 9.17) is 4.43 Å². The molecule has 1 aromatic rings. The Balaban J connectivity index is 2.67. The molecule has 28 heavy (non-hydrogen) atoms. The molecule has 2 N–H and O–H groups in total. The molecule has 0 aliphatic heterocycles. The molecular formula is C19H28F3NO4Si. The number of halogens is 3. The monoisotopic (exact) mass is 419 g/mol. The molecule has 0 fully saturated rings. The minimum atomic E-state index is -4.50.